The van der Waals surface area contributed by atoms with Gasteiger partial charge in [0.15, 0.2) is 5.69 Å². The number of nitrogens with zero attached hydrogens (tertiary/aromatic N) is 2. The molecule has 1 aliphatic carbocycles. The first-order valence-electron chi connectivity index (χ1n) is 7.91. The summed E-state index contributed by atoms with van der Waals surface area (Å²) in [6.07, 6.45) is 2.26. The average molecular weight is 395 g/mol. The lowest BCUT2D eigenvalue weighted by atomic mass is 10.1. The zero-order valence-electron chi connectivity index (χ0n) is 13.6. The number of benzene rings is 1. The van der Waals surface area contributed by atoms with Gasteiger partial charge in [0.1, 0.15) is 5.82 Å². The summed E-state index contributed by atoms with van der Waals surface area (Å²) in [4.78, 5) is 14.4. The fraction of sp³-hybridized carbons (Fsp3) is 0.412. The second kappa shape index (κ2) is 7.03. The van der Waals surface area contributed by atoms with Gasteiger partial charge in [-0.1, -0.05) is 12.1 Å². The first kappa shape index (κ1) is 17.1. The molecule has 7 heteroatoms. The topological polar surface area (TPSA) is 61.0 Å². The SMILES string of the molecule is CN(C)C(CNC(=O)c1n[nH]c(C2CC2)c1Br)c1cccc(F)c1. The number of carbonyl (C=O) groups is 1. The molecule has 0 saturated heterocycles. The van der Waals surface area contributed by atoms with E-state index in [4.69, 9.17) is 0 Å². The second-order valence-electron chi connectivity index (χ2n) is 6.32. The minimum atomic E-state index is -0.283. The molecule has 1 saturated carbocycles. The Labute approximate surface area is 148 Å². The van der Waals surface area contributed by atoms with Crippen LogP contribution in [0.5, 0.6) is 0 Å². The molecule has 128 valence electrons. The van der Waals surface area contributed by atoms with Gasteiger partial charge < -0.3 is 10.2 Å². The van der Waals surface area contributed by atoms with Gasteiger partial charge in [-0.25, -0.2) is 4.39 Å². The number of carbonyl (C=O) groups excluding carboxylic acids is 1. The van der Waals surface area contributed by atoms with Gasteiger partial charge in [0.25, 0.3) is 5.91 Å². The van der Waals surface area contributed by atoms with Gasteiger partial charge in [0, 0.05) is 12.5 Å². The number of aromatic amines is 1. The van der Waals surface area contributed by atoms with Crippen LogP contribution in [-0.2, 0) is 0 Å². The maximum absolute atomic E-state index is 13.5. The zero-order valence-corrected chi connectivity index (χ0v) is 15.2. The average Bonchev–Trinajstić information content (AvgIpc) is 3.29. The number of aromatic nitrogens is 2. The molecule has 2 aromatic rings. The van der Waals surface area contributed by atoms with Gasteiger partial charge >= 0.3 is 0 Å². The number of rotatable bonds is 6. The Balaban J connectivity index is 1.69. The van der Waals surface area contributed by atoms with E-state index in [1.165, 1.54) is 12.1 Å². The molecular weight excluding hydrogens is 375 g/mol. The normalized spacial score (nSPS) is 15.5. The van der Waals surface area contributed by atoms with Crippen molar-refractivity contribution in [2.24, 2.45) is 0 Å². The van der Waals surface area contributed by atoms with E-state index in [0.717, 1.165) is 28.6 Å². The number of amides is 1. The molecule has 24 heavy (non-hydrogen) atoms. The Bertz CT molecular complexity index is 742. The van der Waals surface area contributed by atoms with E-state index < -0.39 is 0 Å². The third-order valence-corrected chi connectivity index (χ3v) is 5.05. The Kier molecular flexibility index (Phi) is 5.01. The molecule has 1 atom stereocenters. The molecule has 0 bridgehead atoms. The molecule has 1 amide bonds. The van der Waals surface area contributed by atoms with E-state index in [1.807, 2.05) is 25.1 Å². The first-order chi connectivity index (χ1) is 11.5. The first-order valence-corrected chi connectivity index (χ1v) is 8.70. The van der Waals surface area contributed by atoms with Crippen LogP contribution in [-0.4, -0.2) is 41.6 Å². The molecule has 0 spiro atoms. The van der Waals surface area contributed by atoms with E-state index in [0.29, 0.717) is 18.2 Å². The lowest BCUT2D eigenvalue weighted by Gasteiger charge is -2.25. The largest absolute Gasteiger partial charge is 0.349 e. The number of hydrogen-bond acceptors (Lipinski definition) is 3. The van der Waals surface area contributed by atoms with E-state index in [-0.39, 0.29) is 17.8 Å². The highest BCUT2D eigenvalue weighted by molar-refractivity contribution is 9.10. The maximum atomic E-state index is 13.5. The lowest BCUT2D eigenvalue weighted by Crippen LogP contribution is -2.34. The molecule has 1 heterocycles. The standard InChI is InChI=1S/C17H20BrFN4O/c1-23(2)13(11-4-3-5-12(19)8-11)9-20-17(24)16-14(18)15(21-22-16)10-6-7-10/h3-5,8,10,13H,6-7,9H2,1-2H3,(H,20,24)(H,21,22). The molecule has 1 fully saturated rings. The third-order valence-electron chi connectivity index (χ3n) is 4.25. The minimum Gasteiger partial charge on any atom is -0.349 e. The number of nitrogens with one attached hydrogen (secondary N) is 2. The van der Waals surface area contributed by atoms with Crippen LogP contribution in [0.3, 0.4) is 0 Å². The fourth-order valence-corrected chi connectivity index (χ4v) is 3.40. The summed E-state index contributed by atoms with van der Waals surface area (Å²) < 4.78 is 14.2. The van der Waals surface area contributed by atoms with E-state index in [1.54, 1.807) is 6.07 Å². The van der Waals surface area contributed by atoms with E-state index >= 15 is 0 Å². The molecule has 1 aromatic heterocycles. The summed E-state index contributed by atoms with van der Waals surface area (Å²) in [6, 6.07) is 6.32. The Morgan fingerprint density at radius 3 is 2.88 bits per heavy atom. The Morgan fingerprint density at radius 2 is 2.25 bits per heavy atom. The predicted octanol–water partition coefficient (Wildman–Crippen LogP) is 3.22. The van der Waals surface area contributed by atoms with Gasteiger partial charge in [0.05, 0.1) is 16.2 Å². The summed E-state index contributed by atoms with van der Waals surface area (Å²) >= 11 is 3.47. The van der Waals surface area contributed by atoms with Crippen molar-refractivity contribution in [3.63, 3.8) is 0 Å². The van der Waals surface area contributed by atoms with Crippen molar-refractivity contribution < 1.29 is 9.18 Å². The Hall–Kier alpha value is -1.73. The molecule has 0 radical (unpaired) electrons. The van der Waals surface area contributed by atoms with Crippen molar-refractivity contribution in [2.45, 2.75) is 24.8 Å². The van der Waals surface area contributed by atoms with Gasteiger partial charge in [-0.15, -0.1) is 0 Å². The van der Waals surface area contributed by atoms with Gasteiger partial charge in [-0.2, -0.15) is 5.10 Å². The van der Waals surface area contributed by atoms with Crippen LogP contribution in [0.2, 0.25) is 0 Å². The van der Waals surface area contributed by atoms with E-state index in [2.05, 4.69) is 31.4 Å². The van der Waals surface area contributed by atoms with Crippen LogP contribution in [0.4, 0.5) is 4.39 Å². The Morgan fingerprint density at radius 1 is 1.50 bits per heavy atom. The van der Waals surface area contributed by atoms with Crippen LogP contribution >= 0.6 is 15.9 Å². The predicted molar refractivity (Wildman–Crippen MR) is 93.4 cm³/mol. The second-order valence-corrected chi connectivity index (χ2v) is 7.11. The highest BCUT2D eigenvalue weighted by atomic mass is 79.9. The van der Waals surface area contributed by atoms with Crippen molar-refractivity contribution in [1.29, 1.82) is 0 Å². The molecule has 2 N–H and O–H groups in total. The summed E-state index contributed by atoms with van der Waals surface area (Å²) in [6.45, 7) is 0.368. The molecule has 1 aliphatic rings. The van der Waals surface area contributed by atoms with Crippen LogP contribution in [0.1, 0.15) is 46.5 Å². The van der Waals surface area contributed by atoms with Crippen LogP contribution < -0.4 is 5.32 Å². The molecular formula is C17H20BrFN4O. The van der Waals surface area contributed by atoms with Crippen molar-refractivity contribution >= 4 is 21.8 Å². The summed E-state index contributed by atoms with van der Waals surface area (Å²) in [7, 11) is 3.80. The van der Waals surface area contributed by atoms with Crippen molar-refractivity contribution in [3.8, 4) is 0 Å². The van der Waals surface area contributed by atoms with Crippen LogP contribution in [0.25, 0.3) is 0 Å². The zero-order chi connectivity index (χ0) is 17.3. The highest BCUT2D eigenvalue weighted by Gasteiger charge is 2.30. The van der Waals surface area contributed by atoms with Crippen molar-refractivity contribution in [2.75, 3.05) is 20.6 Å². The molecule has 1 unspecified atom stereocenters. The maximum Gasteiger partial charge on any atom is 0.273 e. The molecule has 0 aliphatic heterocycles. The molecule has 1 aromatic carbocycles. The van der Waals surface area contributed by atoms with Crippen LogP contribution in [0, 0.1) is 5.82 Å². The number of hydrogen-bond donors (Lipinski definition) is 2. The van der Waals surface area contributed by atoms with Gasteiger partial charge in [0.2, 0.25) is 0 Å². The lowest BCUT2D eigenvalue weighted by molar-refractivity contribution is 0.0936. The van der Waals surface area contributed by atoms with E-state index in [9.17, 15) is 9.18 Å². The molecule has 3 rings (SSSR count). The third kappa shape index (κ3) is 3.67. The monoisotopic (exact) mass is 394 g/mol. The number of H-pyrrole nitrogens is 1. The van der Waals surface area contributed by atoms with Gasteiger partial charge in [-0.3, -0.25) is 9.89 Å². The summed E-state index contributed by atoms with van der Waals surface area (Å²) in [5, 5.41) is 9.97. The highest BCUT2D eigenvalue weighted by Crippen LogP contribution is 2.42. The molecule has 5 nitrogen and oxygen atoms in total. The number of halogens is 2. The summed E-state index contributed by atoms with van der Waals surface area (Å²) in [5.74, 6) is -0.0432. The van der Waals surface area contributed by atoms with Crippen molar-refractivity contribution in [3.05, 3.63) is 51.5 Å². The quantitative estimate of drug-likeness (QED) is 0.790. The van der Waals surface area contributed by atoms with Crippen molar-refractivity contribution in [1.82, 2.24) is 20.4 Å². The van der Waals surface area contributed by atoms with Crippen LogP contribution in [0.15, 0.2) is 28.7 Å². The smallest absolute Gasteiger partial charge is 0.273 e. The fourth-order valence-electron chi connectivity index (χ4n) is 2.72. The van der Waals surface area contributed by atoms with Gasteiger partial charge in [-0.05, 0) is 60.6 Å². The summed E-state index contributed by atoms with van der Waals surface area (Å²) in [5.41, 5.74) is 2.18. The number of likely N-dealkylation sites (N-methyl/N-ethyl adjacent to an activating group) is 1. The minimum absolute atomic E-state index is 0.120.